The van der Waals surface area contributed by atoms with Crippen LogP contribution in [0.5, 0.6) is 0 Å². The van der Waals surface area contributed by atoms with Crippen molar-refractivity contribution in [1.82, 2.24) is 15.1 Å². The summed E-state index contributed by atoms with van der Waals surface area (Å²) in [5.74, 6) is -1.18. The Morgan fingerprint density at radius 3 is 2.67 bits per heavy atom. The van der Waals surface area contributed by atoms with Crippen molar-refractivity contribution in [1.29, 1.82) is 0 Å². The molecule has 1 atom stereocenters. The maximum atomic E-state index is 13.0. The minimum Gasteiger partial charge on any atom is -0.481 e. The molecule has 24 heavy (non-hydrogen) atoms. The number of likely N-dealkylation sites (tertiary alicyclic amines) is 1. The number of nitrogens with one attached hydrogen (secondary N) is 2. The van der Waals surface area contributed by atoms with Crippen LogP contribution in [0.15, 0.2) is 11.0 Å². The molecule has 0 aliphatic carbocycles. The first kappa shape index (κ1) is 18.2. The highest BCUT2D eigenvalue weighted by Gasteiger charge is 2.37. The Labute approximate surface area is 135 Å². The number of hydrogen-bond donors (Lipinski definition) is 3. The Morgan fingerprint density at radius 1 is 1.50 bits per heavy atom. The van der Waals surface area contributed by atoms with Crippen molar-refractivity contribution in [3.63, 3.8) is 0 Å². The Balaban J connectivity index is 1.99. The van der Waals surface area contributed by atoms with Gasteiger partial charge in [0.25, 0.3) is 5.56 Å². The predicted octanol–water partition coefficient (Wildman–Crippen LogP) is 1.39. The second-order valence-electron chi connectivity index (χ2n) is 5.94. The Hall–Kier alpha value is -2.10. The molecule has 1 unspecified atom stereocenters. The van der Waals surface area contributed by atoms with Gasteiger partial charge in [0.05, 0.1) is 17.8 Å². The lowest BCUT2D eigenvalue weighted by Crippen LogP contribution is -2.42. The van der Waals surface area contributed by atoms with E-state index in [1.165, 1.54) is 0 Å². The molecule has 1 aromatic heterocycles. The average molecular weight is 348 g/mol. The zero-order valence-electron chi connectivity index (χ0n) is 13.1. The summed E-state index contributed by atoms with van der Waals surface area (Å²) in [7, 11) is 0. The van der Waals surface area contributed by atoms with E-state index in [0.29, 0.717) is 32.5 Å². The second-order valence-corrected chi connectivity index (χ2v) is 5.94. The number of carboxylic acid groups (broad SMARTS) is 1. The molecular formula is C14H19F3N4O3. The molecule has 0 bridgehead atoms. The molecule has 7 nitrogen and oxygen atoms in total. The quantitative estimate of drug-likeness (QED) is 0.744. The third-order valence-electron chi connectivity index (χ3n) is 4.01. The Bertz CT molecular complexity index is 639. The fraction of sp³-hybridized carbons (Fsp3) is 0.643. The van der Waals surface area contributed by atoms with Gasteiger partial charge in [-0.25, -0.2) is 5.10 Å². The third-order valence-corrected chi connectivity index (χ3v) is 4.01. The zero-order valence-corrected chi connectivity index (χ0v) is 13.1. The number of H-pyrrole nitrogens is 1. The number of piperidine rings is 1. The summed E-state index contributed by atoms with van der Waals surface area (Å²) in [6.07, 6.45) is -2.80. The maximum Gasteiger partial charge on any atom is 0.423 e. The summed E-state index contributed by atoms with van der Waals surface area (Å²) in [5.41, 5.74) is -2.95. The van der Waals surface area contributed by atoms with Gasteiger partial charge in [-0.1, -0.05) is 0 Å². The number of carboxylic acids is 1. The second kappa shape index (κ2) is 7.20. The molecule has 0 amide bonds. The average Bonchev–Trinajstić information content (AvgIpc) is 2.46. The van der Waals surface area contributed by atoms with Gasteiger partial charge in [0, 0.05) is 12.6 Å². The Morgan fingerprint density at radius 2 is 2.12 bits per heavy atom. The molecule has 0 spiro atoms. The van der Waals surface area contributed by atoms with Crippen LogP contribution in [-0.4, -0.2) is 51.8 Å². The molecule has 1 aliphatic rings. The van der Waals surface area contributed by atoms with Gasteiger partial charge in [0.15, 0.2) is 0 Å². The molecule has 1 aliphatic heterocycles. The molecular weight excluding hydrogens is 329 g/mol. The van der Waals surface area contributed by atoms with Gasteiger partial charge >= 0.3 is 12.1 Å². The van der Waals surface area contributed by atoms with Crippen LogP contribution in [0.2, 0.25) is 0 Å². The van der Waals surface area contributed by atoms with Crippen LogP contribution < -0.4 is 10.9 Å². The molecule has 1 saturated heterocycles. The van der Waals surface area contributed by atoms with Crippen LogP contribution in [0, 0.1) is 5.92 Å². The zero-order chi connectivity index (χ0) is 17.9. The van der Waals surface area contributed by atoms with E-state index in [1.54, 1.807) is 12.0 Å². The topological polar surface area (TPSA) is 98.3 Å². The van der Waals surface area contributed by atoms with Crippen molar-refractivity contribution >= 4 is 11.7 Å². The van der Waals surface area contributed by atoms with E-state index in [-0.39, 0.29) is 17.6 Å². The lowest BCUT2D eigenvalue weighted by molar-refractivity contribution is -0.143. The number of rotatable bonds is 5. The molecule has 2 heterocycles. The van der Waals surface area contributed by atoms with E-state index in [9.17, 15) is 22.8 Å². The molecule has 3 N–H and O–H groups in total. The van der Waals surface area contributed by atoms with Crippen LogP contribution in [0.25, 0.3) is 0 Å². The van der Waals surface area contributed by atoms with E-state index in [0.717, 1.165) is 6.20 Å². The van der Waals surface area contributed by atoms with Crippen molar-refractivity contribution in [2.24, 2.45) is 5.92 Å². The number of halogens is 3. The van der Waals surface area contributed by atoms with Crippen molar-refractivity contribution in [3.05, 3.63) is 22.1 Å². The van der Waals surface area contributed by atoms with Crippen molar-refractivity contribution in [3.8, 4) is 0 Å². The van der Waals surface area contributed by atoms with Gasteiger partial charge in [-0.2, -0.15) is 18.3 Å². The smallest absolute Gasteiger partial charge is 0.423 e. The predicted molar refractivity (Wildman–Crippen MR) is 79.7 cm³/mol. The molecule has 0 saturated carbocycles. The number of carbonyl (C=O) groups is 1. The summed E-state index contributed by atoms with van der Waals surface area (Å²) in [6, 6.07) is -0.365. The molecule has 0 aromatic carbocycles. The normalized spacial score (nSPS) is 18.3. The van der Waals surface area contributed by atoms with Gasteiger partial charge in [0.2, 0.25) is 0 Å². The first-order valence-electron chi connectivity index (χ1n) is 7.55. The number of hydrogen-bond acceptors (Lipinski definition) is 5. The van der Waals surface area contributed by atoms with Crippen molar-refractivity contribution in [2.45, 2.75) is 32.0 Å². The summed E-state index contributed by atoms with van der Waals surface area (Å²) in [4.78, 5) is 24.3. The van der Waals surface area contributed by atoms with Crippen LogP contribution >= 0.6 is 0 Å². The maximum absolute atomic E-state index is 13.0. The summed E-state index contributed by atoms with van der Waals surface area (Å²) in [5, 5.41) is 16.8. The summed E-state index contributed by atoms with van der Waals surface area (Å²) >= 11 is 0. The molecule has 0 radical (unpaired) electrons. The molecule has 1 fully saturated rings. The summed E-state index contributed by atoms with van der Waals surface area (Å²) in [6.45, 7) is 3.28. The largest absolute Gasteiger partial charge is 0.481 e. The first-order chi connectivity index (χ1) is 11.2. The lowest BCUT2D eigenvalue weighted by Gasteiger charge is -2.32. The van der Waals surface area contributed by atoms with Gasteiger partial charge in [-0.05, 0) is 32.9 Å². The van der Waals surface area contributed by atoms with Crippen LogP contribution in [0.3, 0.4) is 0 Å². The van der Waals surface area contributed by atoms with Crippen molar-refractivity contribution < 1.29 is 23.1 Å². The van der Waals surface area contributed by atoms with Crippen LogP contribution in [-0.2, 0) is 11.0 Å². The number of alkyl halides is 3. The van der Waals surface area contributed by atoms with Gasteiger partial charge < -0.3 is 15.3 Å². The fourth-order valence-corrected chi connectivity index (χ4v) is 2.85. The van der Waals surface area contributed by atoms with Crippen LogP contribution in [0.1, 0.15) is 25.3 Å². The molecule has 134 valence electrons. The number of anilines is 1. The van der Waals surface area contributed by atoms with Crippen LogP contribution in [0.4, 0.5) is 18.9 Å². The van der Waals surface area contributed by atoms with Gasteiger partial charge in [-0.3, -0.25) is 9.59 Å². The monoisotopic (exact) mass is 348 g/mol. The van der Waals surface area contributed by atoms with E-state index in [4.69, 9.17) is 5.11 Å². The number of aromatic amines is 1. The standard InChI is InChI=1S/C14H19F3N4O3/c1-8(7-21-4-2-9(3-5-21)13(23)24)19-10-6-18-20-12(22)11(10)14(15,16)17/h6,8-9H,2-5,7H2,1H3,(H,23,24)(H2,19,20,22). The summed E-state index contributed by atoms with van der Waals surface area (Å²) < 4.78 is 38.9. The molecule has 10 heteroatoms. The Kier molecular flexibility index (Phi) is 5.47. The van der Waals surface area contributed by atoms with E-state index in [1.807, 2.05) is 4.90 Å². The fourth-order valence-electron chi connectivity index (χ4n) is 2.85. The highest BCUT2D eigenvalue weighted by molar-refractivity contribution is 5.70. The minimum absolute atomic E-state index is 0.362. The highest BCUT2D eigenvalue weighted by Crippen LogP contribution is 2.31. The van der Waals surface area contributed by atoms with Gasteiger partial charge in [0.1, 0.15) is 5.56 Å². The molecule has 2 rings (SSSR count). The third kappa shape index (κ3) is 4.47. The van der Waals surface area contributed by atoms with E-state index >= 15 is 0 Å². The number of nitrogens with zero attached hydrogens (tertiary/aromatic N) is 2. The minimum atomic E-state index is -4.78. The van der Waals surface area contributed by atoms with Crippen molar-refractivity contribution in [2.75, 3.05) is 25.0 Å². The first-order valence-corrected chi connectivity index (χ1v) is 7.55. The highest BCUT2D eigenvalue weighted by atomic mass is 19.4. The SMILES string of the molecule is CC(CN1CCC(C(=O)O)CC1)Nc1cn[nH]c(=O)c1C(F)(F)F. The van der Waals surface area contributed by atoms with Gasteiger partial charge in [-0.15, -0.1) is 0 Å². The number of aliphatic carboxylic acids is 1. The van der Waals surface area contributed by atoms with E-state index in [2.05, 4.69) is 10.4 Å². The lowest BCUT2D eigenvalue weighted by atomic mass is 9.97. The molecule has 1 aromatic rings. The van der Waals surface area contributed by atoms with E-state index < -0.39 is 23.3 Å². The number of aromatic nitrogens is 2.